The fourth-order valence-electron chi connectivity index (χ4n) is 6.69. The molecule has 2 aliphatic rings. The van der Waals surface area contributed by atoms with Gasteiger partial charge in [-0.3, -0.25) is 9.35 Å². The third-order valence-corrected chi connectivity index (χ3v) is 9.63. The second-order valence-electron chi connectivity index (χ2n) is 12.2. The number of fused-ring (bicyclic) bond motifs is 2. The average Bonchev–Trinajstić information content (AvgIpc) is 3.28. The van der Waals surface area contributed by atoms with E-state index in [1.54, 1.807) is 12.1 Å². The summed E-state index contributed by atoms with van der Waals surface area (Å²) < 4.78 is 36.5. The Hall–Kier alpha value is -3.23. The van der Waals surface area contributed by atoms with E-state index in [9.17, 15) is 17.8 Å². The van der Waals surface area contributed by atoms with Gasteiger partial charge in [-0.15, -0.1) is 0 Å². The zero-order valence-corrected chi connectivity index (χ0v) is 26.4. The number of para-hydroxylation sites is 1. The quantitative estimate of drug-likeness (QED) is 0.143. The van der Waals surface area contributed by atoms with Crippen molar-refractivity contribution in [3.63, 3.8) is 0 Å². The zero-order chi connectivity index (χ0) is 30.7. The molecule has 1 unspecified atom stereocenters. The van der Waals surface area contributed by atoms with Crippen molar-refractivity contribution in [2.24, 2.45) is 0 Å². The van der Waals surface area contributed by atoms with Crippen LogP contribution in [0.15, 0.2) is 71.3 Å². The first-order chi connectivity index (χ1) is 19.9. The largest absolute Gasteiger partial charge is 0.481 e. The van der Waals surface area contributed by atoms with Crippen LogP contribution in [0.1, 0.15) is 90.7 Å². The van der Waals surface area contributed by atoms with Crippen molar-refractivity contribution < 1.29 is 27.4 Å². The molecule has 7 nitrogen and oxygen atoms in total. The molecule has 8 heteroatoms. The van der Waals surface area contributed by atoms with Gasteiger partial charge in [-0.2, -0.15) is 13.0 Å². The fraction of sp³-hybridized carbons (Fsp3) is 0.471. The lowest BCUT2D eigenvalue weighted by atomic mass is 9.77. The van der Waals surface area contributed by atoms with Crippen LogP contribution in [-0.2, 0) is 25.7 Å². The average molecular weight is 594 g/mol. The van der Waals surface area contributed by atoms with Crippen LogP contribution >= 0.6 is 0 Å². The highest BCUT2D eigenvalue weighted by molar-refractivity contribution is 7.85. The zero-order valence-electron chi connectivity index (χ0n) is 25.6. The Morgan fingerprint density at radius 1 is 1.00 bits per heavy atom. The number of benzene rings is 2. The number of rotatable bonds is 13. The molecular weight excluding hydrogens is 548 g/mol. The van der Waals surface area contributed by atoms with Gasteiger partial charge >= 0.3 is 5.97 Å². The molecule has 42 heavy (non-hydrogen) atoms. The number of hydrogen-bond acceptors (Lipinski definition) is 4. The van der Waals surface area contributed by atoms with Gasteiger partial charge in [-0.25, -0.2) is 0 Å². The third kappa shape index (κ3) is 6.11. The summed E-state index contributed by atoms with van der Waals surface area (Å²) in [6, 6.07) is 13.5. The second kappa shape index (κ2) is 12.6. The molecule has 2 N–H and O–H groups in total. The van der Waals surface area contributed by atoms with Crippen molar-refractivity contribution >= 4 is 33.2 Å². The number of carbonyl (C=O) groups is 1. The molecule has 0 saturated carbocycles. The van der Waals surface area contributed by atoms with Crippen LogP contribution in [0, 0.1) is 0 Å². The Balaban J connectivity index is 1.79. The summed E-state index contributed by atoms with van der Waals surface area (Å²) in [6.45, 7) is 12.7. The maximum Gasteiger partial charge on any atom is 0.303 e. The number of allylic oxidation sites excluding steroid dienone is 4. The van der Waals surface area contributed by atoms with E-state index in [0.717, 1.165) is 62.1 Å². The van der Waals surface area contributed by atoms with Gasteiger partial charge in [0.15, 0.2) is 5.71 Å². The molecule has 0 fully saturated rings. The van der Waals surface area contributed by atoms with Crippen LogP contribution in [0.3, 0.4) is 0 Å². The van der Waals surface area contributed by atoms with Gasteiger partial charge < -0.3 is 10.0 Å². The summed E-state index contributed by atoms with van der Waals surface area (Å²) in [5, 5.41) is 9.07. The summed E-state index contributed by atoms with van der Waals surface area (Å²) in [5.74, 6) is -0.795. The smallest absolute Gasteiger partial charge is 0.303 e. The van der Waals surface area contributed by atoms with E-state index in [4.69, 9.17) is 5.11 Å². The lowest BCUT2D eigenvalue weighted by molar-refractivity contribution is -0.437. The molecular formula is C34H45N2O5S+. The van der Waals surface area contributed by atoms with Gasteiger partial charge in [0.25, 0.3) is 10.1 Å². The van der Waals surface area contributed by atoms with E-state index in [1.807, 2.05) is 0 Å². The highest BCUT2D eigenvalue weighted by atomic mass is 32.2. The predicted molar refractivity (Wildman–Crippen MR) is 169 cm³/mol. The molecule has 1 atom stereocenters. The van der Waals surface area contributed by atoms with Crippen molar-refractivity contribution in [1.29, 1.82) is 0 Å². The van der Waals surface area contributed by atoms with Crippen molar-refractivity contribution in [3.8, 4) is 0 Å². The maximum absolute atomic E-state index is 12.1. The van der Waals surface area contributed by atoms with Crippen LogP contribution in [-0.4, -0.2) is 47.4 Å². The summed E-state index contributed by atoms with van der Waals surface area (Å²) in [4.78, 5) is 13.2. The Labute approximate surface area is 251 Å². The van der Waals surface area contributed by atoms with E-state index in [1.165, 1.54) is 23.0 Å². The molecule has 4 rings (SSSR count). The Bertz CT molecular complexity index is 1540. The molecule has 2 heterocycles. The van der Waals surface area contributed by atoms with E-state index < -0.39 is 21.5 Å². The summed E-state index contributed by atoms with van der Waals surface area (Å²) in [7, 11) is -4.37. The van der Waals surface area contributed by atoms with Gasteiger partial charge in [-0.1, -0.05) is 51.0 Å². The third-order valence-electron chi connectivity index (χ3n) is 8.78. The fourth-order valence-corrected chi connectivity index (χ4v) is 7.19. The second-order valence-corrected chi connectivity index (χ2v) is 13.6. The molecule has 0 saturated heterocycles. The Kier molecular flexibility index (Phi) is 9.48. The van der Waals surface area contributed by atoms with Gasteiger partial charge in [0.2, 0.25) is 5.69 Å². The van der Waals surface area contributed by atoms with Crippen LogP contribution < -0.4 is 4.90 Å². The number of unbranched alkanes of at least 4 members (excludes halogenated alkanes) is 2. The molecule has 0 amide bonds. The normalized spacial score (nSPS) is 20.5. The van der Waals surface area contributed by atoms with Crippen LogP contribution in [0.4, 0.5) is 11.4 Å². The maximum atomic E-state index is 12.1. The molecule has 2 aromatic rings. The number of carboxylic acid groups (broad SMARTS) is 1. The molecule has 2 aliphatic heterocycles. The van der Waals surface area contributed by atoms with Crippen molar-refractivity contribution in [2.75, 3.05) is 18.0 Å². The lowest BCUT2D eigenvalue weighted by Crippen LogP contribution is -2.29. The standard InChI is InChI=1S/C34H44N2O5S/c1-6-22-35-28-15-11-10-14-26(28)33(3,4)30(35)16-13-17-31-34(5,21-12-8-9-18-32(37)38)27-24-25(42(39,40)41)19-20-29(27)36(31)23-7-2/h10-11,13-17,19-20,24H,6-9,12,18,21-23H2,1-5H3,(H-,37,38,39,40,41)/p+1. The molecule has 0 aromatic heterocycles. The first-order valence-electron chi connectivity index (χ1n) is 15.1. The summed E-state index contributed by atoms with van der Waals surface area (Å²) in [6.07, 6.45) is 11.5. The van der Waals surface area contributed by atoms with E-state index in [0.29, 0.717) is 6.42 Å². The number of hydrogen-bond donors (Lipinski definition) is 2. The number of anilines is 1. The Morgan fingerprint density at radius 2 is 1.74 bits per heavy atom. The van der Waals surface area contributed by atoms with Crippen molar-refractivity contribution in [1.82, 2.24) is 0 Å². The minimum atomic E-state index is -4.37. The predicted octanol–water partition coefficient (Wildman–Crippen LogP) is 7.38. The number of nitrogens with zero attached hydrogens (tertiary/aromatic N) is 2. The van der Waals surface area contributed by atoms with Gasteiger partial charge in [0, 0.05) is 53.9 Å². The van der Waals surface area contributed by atoms with E-state index >= 15 is 0 Å². The van der Waals surface area contributed by atoms with E-state index in [-0.39, 0.29) is 16.7 Å². The topological polar surface area (TPSA) is 97.9 Å². The van der Waals surface area contributed by atoms with Crippen LogP contribution in [0.25, 0.3) is 0 Å². The summed E-state index contributed by atoms with van der Waals surface area (Å²) >= 11 is 0. The van der Waals surface area contributed by atoms with Gasteiger partial charge in [-0.05, 0) is 69.9 Å². The highest BCUT2D eigenvalue weighted by Gasteiger charge is 2.45. The molecule has 0 bridgehead atoms. The monoisotopic (exact) mass is 593 g/mol. The minimum absolute atomic E-state index is 0.108. The van der Waals surface area contributed by atoms with E-state index in [2.05, 4.69) is 86.6 Å². The van der Waals surface area contributed by atoms with Crippen LogP contribution in [0.5, 0.6) is 0 Å². The minimum Gasteiger partial charge on any atom is -0.481 e. The van der Waals surface area contributed by atoms with Crippen molar-refractivity contribution in [3.05, 3.63) is 77.5 Å². The molecule has 0 radical (unpaired) electrons. The molecule has 2 aromatic carbocycles. The molecule has 0 aliphatic carbocycles. The Morgan fingerprint density at radius 3 is 2.40 bits per heavy atom. The highest BCUT2D eigenvalue weighted by Crippen LogP contribution is 2.51. The van der Waals surface area contributed by atoms with Gasteiger partial charge in [0.05, 0.1) is 10.3 Å². The number of aliphatic carboxylic acids is 1. The van der Waals surface area contributed by atoms with Crippen molar-refractivity contribution in [2.45, 2.75) is 95.3 Å². The summed E-state index contributed by atoms with van der Waals surface area (Å²) in [5.41, 5.74) is 6.04. The molecule has 226 valence electrons. The first-order valence-corrected chi connectivity index (χ1v) is 16.5. The molecule has 0 spiro atoms. The van der Waals surface area contributed by atoms with Crippen LogP contribution in [0.2, 0.25) is 0 Å². The lowest BCUT2D eigenvalue weighted by Gasteiger charge is -2.30. The van der Waals surface area contributed by atoms with Gasteiger partial charge in [0.1, 0.15) is 6.54 Å². The number of carboxylic acids is 1. The SMILES string of the molecule is CCCN1C(=CC=CC2=[N+](CCC)c3ccccc3C2(C)C)C(C)(CCCCCC(=O)O)c2cc(S(=O)(=O)O)ccc21. The first kappa shape index (κ1) is 31.7.